The van der Waals surface area contributed by atoms with E-state index in [4.69, 9.17) is 9.15 Å². The van der Waals surface area contributed by atoms with Crippen LogP contribution in [0.15, 0.2) is 52.2 Å². The molecule has 4 aromatic rings. The fourth-order valence-electron chi connectivity index (χ4n) is 2.90. The molecule has 0 aliphatic rings. The molecular weight excluding hydrogens is 386 g/mol. The Labute approximate surface area is 171 Å². The quantitative estimate of drug-likeness (QED) is 0.360. The molecule has 3 heterocycles. The number of hydrogen-bond acceptors (Lipinski definition) is 8. The standard InChI is InChI=1S/C21H17N5O2S/c1-3-27-17-7-5-4-6-15(17)19-16(10-22)18-20(29-19)21(24-12-23-18)26-25-11-14-9-8-13(2)28-14/h4-9,11-12H,3H2,1-2H3,(H,23,24,26). The number of nitriles is 1. The summed E-state index contributed by atoms with van der Waals surface area (Å²) in [4.78, 5) is 9.41. The maximum absolute atomic E-state index is 9.80. The number of anilines is 1. The predicted molar refractivity (Wildman–Crippen MR) is 113 cm³/mol. The van der Waals surface area contributed by atoms with Crippen molar-refractivity contribution in [1.29, 1.82) is 5.26 Å². The van der Waals surface area contributed by atoms with Crippen LogP contribution >= 0.6 is 11.3 Å². The second kappa shape index (κ2) is 8.12. The molecule has 144 valence electrons. The fraction of sp³-hybridized carbons (Fsp3) is 0.143. The highest BCUT2D eigenvalue weighted by molar-refractivity contribution is 7.23. The molecule has 7 nitrogen and oxygen atoms in total. The Hall–Kier alpha value is -3.70. The number of aromatic nitrogens is 2. The monoisotopic (exact) mass is 403 g/mol. The molecule has 0 atom stereocenters. The number of fused-ring (bicyclic) bond motifs is 1. The van der Waals surface area contributed by atoms with Crippen LogP contribution in [0.1, 0.15) is 24.0 Å². The summed E-state index contributed by atoms with van der Waals surface area (Å²) < 4.78 is 12.0. The van der Waals surface area contributed by atoms with Crippen LogP contribution in [0.5, 0.6) is 5.75 Å². The molecule has 0 amide bonds. The number of para-hydroxylation sites is 1. The molecule has 0 unspecified atom stereocenters. The Morgan fingerprint density at radius 1 is 1.28 bits per heavy atom. The summed E-state index contributed by atoms with van der Waals surface area (Å²) in [5.41, 5.74) is 4.86. The van der Waals surface area contributed by atoms with E-state index in [-0.39, 0.29) is 0 Å². The van der Waals surface area contributed by atoms with Gasteiger partial charge >= 0.3 is 0 Å². The van der Waals surface area contributed by atoms with Crippen molar-refractivity contribution in [3.8, 4) is 22.3 Å². The van der Waals surface area contributed by atoms with Gasteiger partial charge in [-0.25, -0.2) is 9.97 Å². The van der Waals surface area contributed by atoms with Crippen molar-refractivity contribution in [1.82, 2.24) is 9.97 Å². The smallest absolute Gasteiger partial charge is 0.167 e. The van der Waals surface area contributed by atoms with Crippen LogP contribution in [0.2, 0.25) is 0 Å². The van der Waals surface area contributed by atoms with Crippen molar-refractivity contribution in [2.24, 2.45) is 5.10 Å². The average Bonchev–Trinajstić information content (AvgIpc) is 3.32. The van der Waals surface area contributed by atoms with Crippen molar-refractivity contribution in [2.75, 3.05) is 12.0 Å². The van der Waals surface area contributed by atoms with Crippen molar-refractivity contribution in [3.05, 3.63) is 59.8 Å². The topological polar surface area (TPSA) is 96.3 Å². The number of furan rings is 1. The second-order valence-electron chi connectivity index (χ2n) is 6.07. The van der Waals surface area contributed by atoms with Crippen LogP contribution in [0.4, 0.5) is 5.82 Å². The van der Waals surface area contributed by atoms with Crippen LogP contribution in [-0.4, -0.2) is 22.8 Å². The van der Waals surface area contributed by atoms with E-state index in [1.54, 1.807) is 6.21 Å². The Morgan fingerprint density at radius 2 is 2.14 bits per heavy atom. The van der Waals surface area contributed by atoms with E-state index in [2.05, 4.69) is 26.6 Å². The first-order valence-corrected chi connectivity index (χ1v) is 9.78. The number of hydrazone groups is 1. The van der Waals surface area contributed by atoms with Crippen molar-refractivity contribution >= 4 is 33.6 Å². The Balaban J connectivity index is 1.76. The number of rotatable bonds is 6. The lowest BCUT2D eigenvalue weighted by molar-refractivity contribution is 0.341. The maximum Gasteiger partial charge on any atom is 0.167 e. The van der Waals surface area contributed by atoms with Crippen molar-refractivity contribution < 1.29 is 9.15 Å². The summed E-state index contributed by atoms with van der Waals surface area (Å²) in [5, 5.41) is 14.0. The van der Waals surface area contributed by atoms with Gasteiger partial charge in [0.15, 0.2) is 5.82 Å². The normalized spacial score (nSPS) is 11.1. The van der Waals surface area contributed by atoms with Gasteiger partial charge in [0.25, 0.3) is 0 Å². The van der Waals surface area contributed by atoms with E-state index in [1.807, 2.05) is 50.2 Å². The summed E-state index contributed by atoms with van der Waals surface area (Å²) in [6.07, 6.45) is 2.99. The van der Waals surface area contributed by atoms with E-state index in [0.29, 0.717) is 29.3 Å². The van der Waals surface area contributed by atoms with Gasteiger partial charge in [0.05, 0.1) is 28.0 Å². The number of benzene rings is 1. The van der Waals surface area contributed by atoms with Gasteiger partial charge in [-0.1, -0.05) is 12.1 Å². The molecule has 29 heavy (non-hydrogen) atoms. The first-order valence-electron chi connectivity index (χ1n) is 8.96. The molecule has 0 fully saturated rings. The Bertz CT molecular complexity index is 1240. The predicted octanol–water partition coefficient (Wildman–Crippen LogP) is 4.98. The van der Waals surface area contributed by atoms with E-state index in [9.17, 15) is 5.26 Å². The number of hydrogen-bond donors (Lipinski definition) is 1. The van der Waals surface area contributed by atoms with Gasteiger partial charge < -0.3 is 9.15 Å². The van der Waals surface area contributed by atoms with Gasteiger partial charge in [-0.2, -0.15) is 10.4 Å². The Kier molecular flexibility index (Phi) is 5.22. The zero-order chi connectivity index (χ0) is 20.2. The van der Waals surface area contributed by atoms with Gasteiger partial charge in [0.2, 0.25) is 0 Å². The van der Waals surface area contributed by atoms with Gasteiger partial charge in [-0.05, 0) is 38.1 Å². The first-order chi connectivity index (χ1) is 14.2. The third kappa shape index (κ3) is 3.68. The number of nitrogens with one attached hydrogen (secondary N) is 1. The minimum atomic E-state index is 0.494. The second-order valence-corrected chi connectivity index (χ2v) is 7.09. The van der Waals surface area contributed by atoms with Gasteiger partial charge in [0, 0.05) is 5.56 Å². The summed E-state index contributed by atoms with van der Waals surface area (Å²) in [6, 6.07) is 13.6. The van der Waals surface area contributed by atoms with E-state index in [1.165, 1.54) is 17.7 Å². The molecule has 1 N–H and O–H groups in total. The molecule has 8 heteroatoms. The zero-order valence-corrected chi connectivity index (χ0v) is 16.7. The molecule has 3 aromatic heterocycles. The third-order valence-corrected chi connectivity index (χ3v) is 5.36. The highest BCUT2D eigenvalue weighted by Gasteiger charge is 2.20. The SMILES string of the molecule is CCOc1ccccc1-c1sc2c(NN=Cc3ccc(C)o3)ncnc2c1C#N. The molecular formula is C21H17N5O2S. The van der Waals surface area contributed by atoms with Crippen molar-refractivity contribution in [3.63, 3.8) is 0 Å². The van der Waals surface area contributed by atoms with Crippen LogP contribution in [0.25, 0.3) is 20.7 Å². The third-order valence-electron chi connectivity index (χ3n) is 4.14. The highest BCUT2D eigenvalue weighted by Crippen LogP contribution is 2.43. The van der Waals surface area contributed by atoms with E-state index in [0.717, 1.165) is 26.7 Å². The minimum absolute atomic E-state index is 0.494. The van der Waals surface area contributed by atoms with Crippen LogP contribution in [0.3, 0.4) is 0 Å². The average molecular weight is 403 g/mol. The van der Waals surface area contributed by atoms with Crippen LogP contribution in [0, 0.1) is 18.3 Å². The highest BCUT2D eigenvalue weighted by atomic mass is 32.1. The van der Waals surface area contributed by atoms with E-state index < -0.39 is 0 Å². The number of aryl methyl sites for hydroxylation is 1. The number of nitrogens with zero attached hydrogens (tertiary/aromatic N) is 4. The minimum Gasteiger partial charge on any atom is -0.493 e. The molecule has 0 radical (unpaired) electrons. The van der Waals surface area contributed by atoms with Gasteiger partial charge in [0.1, 0.15) is 35.2 Å². The molecule has 0 aliphatic carbocycles. The summed E-state index contributed by atoms with van der Waals surface area (Å²) in [5.74, 6) is 2.70. The lowest BCUT2D eigenvalue weighted by atomic mass is 10.1. The lowest BCUT2D eigenvalue weighted by Gasteiger charge is -2.08. The van der Waals surface area contributed by atoms with Crippen molar-refractivity contribution in [2.45, 2.75) is 13.8 Å². The molecule has 1 aromatic carbocycles. The molecule has 4 rings (SSSR count). The van der Waals surface area contributed by atoms with Gasteiger partial charge in [-0.15, -0.1) is 11.3 Å². The lowest BCUT2D eigenvalue weighted by Crippen LogP contribution is -1.94. The van der Waals surface area contributed by atoms with Crippen LogP contribution in [-0.2, 0) is 0 Å². The zero-order valence-electron chi connectivity index (χ0n) is 15.8. The first kappa shape index (κ1) is 18.7. The summed E-state index contributed by atoms with van der Waals surface area (Å²) >= 11 is 1.43. The molecule has 0 bridgehead atoms. The van der Waals surface area contributed by atoms with Crippen LogP contribution < -0.4 is 10.2 Å². The molecule has 0 aliphatic heterocycles. The molecule has 0 saturated heterocycles. The van der Waals surface area contributed by atoms with Gasteiger partial charge in [-0.3, -0.25) is 5.43 Å². The summed E-state index contributed by atoms with van der Waals surface area (Å²) in [6.45, 7) is 4.34. The molecule has 0 saturated carbocycles. The largest absolute Gasteiger partial charge is 0.493 e. The Morgan fingerprint density at radius 3 is 2.90 bits per heavy atom. The fourth-order valence-corrected chi connectivity index (χ4v) is 4.07. The van der Waals surface area contributed by atoms with E-state index >= 15 is 0 Å². The number of ether oxygens (including phenoxy) is 1. The maximum atomic E-state index is 9.80. The molecule has 0 spiro atoms. The number of thiophene rings is 1. The summed E-state index contributed by atoms with van der Waals surface area (Å²) in [7, 11) is 0.